The topological polar surface area (TPSA) is 96.8 Å². The average Bonchev–Trinajstić information content (AvgIpc) is 3.23. The van der Waals surface area contributed by atoms with Crippen LogP contribution in [0.3, 0.4) is 0 Å². The van der Waals surface area contributed by atoms with Crippen LogP contribution in [0.5, 0.6) is 5.88 Å². The Labute approximate surface area is 167 Å². The Morgan fingerprint density at radius 3 is 2.57 bits per heavy atom. The van der Waals surface area contributed by atoms with Crippen molar-refractivity contribution < 1.29 is 9.90 Å². The van der Waals surface area contributed by atoms with E-state index >= 15 is 0 Å². The second-order valence-electron chi connectivity index (χ2n) is 7.39. The molecule has 0 aliphatic carbocycles. The predicted molar refractivity (Wildman–Crippen MR) is 108 cm³/mol. The van der Waals surface area contributed by atoms with Gasteiger partial charge >= 0.3 is 0 Å². The maximum absolute atomic E-state index is 11.6. The van der Waals surface area contributed by atoms with Crippen molar-refractivity contribution in [3.63, 3.8) is 0 Å². The fraction of sp³-hybridized carbons (Fsp3) is 0.450. The molecule has 1 aliphatic rings. The van der Waals surface area contributed by atoms with Crippen molar-refractivity contribution in [1.29, 1.82) is 0 Å². The van der Waals surface area contributed by atoms with Gasteiger partial charge < -0.3 is 10.8 Å². The Morgan fingerprint density at radius 2 is 2.00 bits per heavy atom. The molecule has 3 N–H and O–H groups in total. The molecular weight excluding hydrogens is 374 g/mol. The van der Waals surface area contributed by atoms with E-state index in [9.17, 15) is 9.90 Å². The Balaban J connectivity index is 1.73. The van der Waals surface area contributed by atoms with Crippen LogP contribution in [0.15, 0.2) is 24.3 Å². The molecule has 0 bridgehead atoms. The molecule has 0 saturated carbocycles. The van der Waals surface area contributed by atoms with Crippen LogP contribution in [0.2, 0.25) is 0 Å². The fourth-order valence-corrected chi connectivity index (χ4v) is 4.97. The van der Waals surface area contributed by atoms with Gasteiger partial charge in [0.15, 0.2) is 5.82 Å². The number of aryl methyl sites for hydroxylation is 2. The van der Waals surface area contributed by atoms with Crippen LogP contribution in [0, 0.1) is 12.8 Å². The number of hydrogen-bond acceptors (Lipinski definition) is 6. The molecule has 4 rings (SSSR count). The third-order valence-electron chi connectivity index (χ3n) is 5.50. The molecule has 1 aliphatic heterocycles. The molecule has 7 nitrogen and oxygen atoms in total. The van der Waals surface area contributed by atoms with E-state index in [4.69, 9.17) is 5.73 Å². The van der Waals surface area contributed by atoms with Gasteiger partial charge in [0.1, 0.15) is 0 Å². The lowest BCUT2D eigenvalue weighted by atomic mass is 9.93. The highest BCUT2D eigenvalue weighted by molar-refractivity contribution is 7.17. The largest absolute Gasteiger partial charge is 0.492 e. The van der Waals surface area contributed by atoms with Gasteiger partial charge in [0, 0.05) is 12.3 Å². The average molecular weight is 400 g/mol. The summed E-state index contributed by atoms with van der Waals surface area (Å²) in [5.41, 5.74) is 7.80. The van der Waals surface area contributed by atoms with Crippen molar-refractivity contribution in [3.05, 3.63) is 46.1 Å². The molecule has 3 aromatic rings. The number of aromatic hydroxyl groups is 1. The summed E-state index contributed by atoms with van der Waals surface area (Å²) in [4.78, 5) is 19.9. The first kappa shape index (κ1) is 18.9. The van der Waals surface area contributed by atoms with Crippen molar-refractivity contribution >= 4 is 22.2 Å². The zero-order chi connectivity index (χ0) is 19.8. The molecule has 1 aromatic carbocycles. The van der Waals surface area contributed by atoms with Gasteiger partial charge in [-0.2, -0.15) is 4.52 Å². The number of rotatable bonds is 5. The monoisotopic (exact) mass is 399 g/mol. The Kier molecular flexibility index (Phi) is 5.07. The zero-order valence-corrected chi connectivity index (χ0v) is 16.9. The molecule has 1 amide bonds. The molecule has 1 atom stereocenters. The minimum Gasteiger partial charge on any atom is -0.492 e. The second kappa shape index (κ2) is 7.52. The van der Waals surface area contributed by atoms with Crippen molar-refractivity contribution in [3.8, 4) is 5.88 Å². The summed E-state index contributed by atoms with van der Waals surface area (Å²) in [6, 6.07) is 8.27. The molecule has 148 valence electrons. The number of primary amides is 1. The van der Waals surface area contributed by atoms with Crippen molar-refractivity contribution in [1.82, 2.24) is 19.5 Å². The summed E-state index contributed by atoms with van der Waals surface area (Å²) < 4.78 is 1.54. The first-order valence-corrected chi connectivity index (χ1v) is 10.5. The number of aromatic nitrogens is 3. The summed E-state index contributed by atoms with van der Waals surface area (Å²) in [6.45, 7) is 5.55. The van der Waals surface area contributed by atoms with Crippen LogP contribution in [0.1, 0.15) is 47.6 Å². The van der Waals surface area contributed by atoms with Gasteiger partial charge in [-0.1, -0.05) is 48.1 Å². The summed E-state index contributed by atoms with van der Waals surface area (Å²) in [5.74, 6) is 0.579. The summed E-state index contributed by atoms with van der Waals surface area (Å²) in [5, 5.41) is 15.3. The maximum atomic E-state index is 11.6. The Hall–Kier alpha value is -2.45. The van der Waals surface area contributed by atoms with Gasteiger partial charge in [0.25, 0.3) is 0 Å². The number of likely N-dealkylation sites (tertiary alicyclic amines) is 1. The minimum absolute atomic E-state index is 0.0713. The SMILES string of the molecule is CCc1nc2sc(C(c3ccc(C)cc3)N3CCC(C(N)=O)CC3)c(O)n2n1. The first-order chi connectivity index (χ1) is 13.5. The van der Waals surface area contributed by atoms with Gasteiger partial charge in [-0.3, -0.25) is 9.69 Å². The summed E-state index contributed by atoms with van der Waals surface area (Å²) in [6.07, 6.45) is 2.20. The van der Waals surface area contributed by atoms with Gasteiger partial charge in [-0.05, 0) is 38.4 Å². The number of nitrogens with zero attached hydrogens (tertiary/aromatic N) is 4. The van der Waals surface area contributed by atoms with E-state index in [-0.39, 0.29) is 23.7 Å². The lowest BCUT2D eigenvalue weighted by molar-refractivity contribution is -0.123. The molecule has 0 radical (unpaired) electrons. The maximum Gasteiger partial charge on any atom is 0.230 e. The molecule has 1 unspecified atom stereocenters. The Morgan fingerprint density at radius 1 is 1.32 bits per heavy atom. The molecule has 2 aromatic heterocycles. The molecular formula is C20H25N5O2S. The highest BCUT2D eigenvalue weighted by Gasteiger charge is 2.33. The van der Waals surface area contributed by atoms with E-state index in [1.807, 2.05) is 6.92 Å². The van der Waals surface area contributed by atoms with E-state index in [0.717, 1.165) is 48.6 Å². The number of thiazole rings is 1. The van der Waals surface area contributed by atoms with E-state index < -0.39 is 0 Å². The number of nitrogens with two attached hydrogens (primary N) is 1. The van der Waals surface area contributed by atoms with Crippen molar-refractivity contribution in [2.24, 2.45) is 11.7 Å². The number of hydrogen-bond donors (Lipinski definition) is 2. The normalized spacial score (nSPS) is 17.2. The first-order valence-electron chi connectivity index (χ1n) is 9.65. The number of benzene rings is 1. The van der Waals surface area contributed by atoms with Crippen molar-refractivity contribution in [2.75, 3.05) is 13.1 Å². The Bertz CT molecular complexity index is 986. The third kappa shape index (κ3) is 3.38. The summed E-state index contributed by atoms with van der Waals surface area (Å²) in [7, 11) is 0. The highest BCUT2D eigenvalue weighted by atomic mass is 32.1. The van der Waals surface area contributed by atoms with Crippen LogP contribution >= 0.6 is 11.3 Å². The van der Waals surface area contributed by atoms with Crippen molar-refractivity contribution in [2.45, 2.75) is 39.2 Å². The van der Waals surface area contributed by atoms with Gasteiger partial charge in [-0.25, -0.2) is 4.98 Å². The van der Waals surface area contributed by atoms with Crippen LogP contribution < -0.4 is 5.73 Å². The lowest BCUT2D eigenvalue weighted by Crippen LogP contribution is -2.40. The smallest absolute Gasteiger partial charge is 0.230 e. The van der Waals surface area contributed by atoms with Gasteiger partial charge in [0.05, 0.1) is 10.9 Å². The van der Waals surface area contributed by atoms with Crippen LogP contribution in [-0.2, 0) is 11.2 Å². The molecule has 1 saturated heterocycles. The standard InChI is InChI=1S/C20H25N5O2S/c1-3-15-22-20-25(23-15)19(27)17(28-20)16(13-6-4-12(2)5-7-13)24-10-8-14(9-11-24)18(21)26/h4-7,14,16,27H,3,8-11H2,1-2H3,(H2,21,26). The minimum atomic E-state index is -0.222. The number of fused-ring (bicyclic) bond motifs is 1. The van der Waals surface area contributed by atoms with E-state index in [0.29, 0.717) is 4.96 Å². The number of piperidine rings is 1. The quantitative estimate of drug-likeness (QED) is 0.687. The lowest BCUT2D eigenvalue weighted by Gasteiger charge is -2.36. The van der Waals surface area contributed by atoms with E-state index in [1.165, 1.54) is 21.4 Å². The van der Waals surface area contributed by atoms with E-state index in [2.05, 4.69) is 46.2 Å². The van der Waals surface area contributed by atoms with E-state index in [1.54, 1.807) is 0 Å². The molecule has 1 fully saturated rings. The third-order valence-corrected chi connectivity index (χ3v) is 6.57. The molecule has 28 heavy (non-hydrogen) atoms. The molecule has 8 heteroatoms. The zero-order valence-electron chi connectivity index (χ0n) is 16.1. The fourth-order valence-electron chi connectivity index (χ4n) is 3.84. The molecule has 0 spiro atoms. The molecule has 3 heterocycles. The number of carbonyl (C=O) groups is 1. The number of amides is 1. The number of carbonyl (C=O) groups excluding carboxylic acids is 1. The summed E-state index contributed by atoms with van der Waals surface area (Å²) >= 11 is 1.47. The van der Waals surface area contributed by atoms with Crippen LogP contribution in [0.25, 0.3) is 4.96 Å². The highest BCUT2D eigenvalue weighted by Crippen LogP contribution is 2.41. The van der Waals surface area contributed by atoms with Crippen LogP contribution in [-0.4, -0.2) is 43.6 Å². The van der Waals surface area contributed by atoms with Gasteiger partial charge in [-0.15, -0.1) is 5.10 Å². The predicted octanol–water partition coefficient (Wildman–Crippen LogP) is 2.65. The van der Waals surface area contributed by atoms with Crippen LogP contribution in [0.4, 0.5) is 0 Å². The second-order valence-corrected chi connectivity index (χ2v) is 8.40. The van der Waals surface area contributed by atoms with Gasteiger partial charge in [0.2, 0.25) is 16.7 Å².